The first-order chi connectivity index (χ1) is 10.4. The van der Waals surface area contributed by atoms with Crippen LogP contribution in [-0.4, -0.2) is 11.5 Å². The van der Waals surface area contributed by atoms with Crippen LogP contribution in [-0.2, 0) is 6.54 Å². The van der Waals surface area contributed by atoms with E-state index in [9.17, 15) is 0 Å². The maximum atomic E-state index is 3.56. The molecule has 116 valence electrons. The first-order valence-electron chi connectivity index (χ1n) is 8.67. The summed E-state index contributed by atoms with van der Waals surface area (Å²) in [7, 11) is 0. The van der Waals surface area contributed by atoms with Crippen LogP contribution in [0.5, 0.6) is 0 Å². The Hall–Kier alpha value is -1.28. The molecule has 0 amide bonds. The van der Waals surface area contributed by atoms with Crippen LogP contribution in [0, 0.1) is 0 Å². The Labute approximate surface area is 129 Å². The van der Waals surface area contributed by atoms with Gasteiger partial charge >= 0.3 is 0 Å². The second kappa shape index (κ2) is 9.62. The van der Waals surface area contributed by atoms with Crippen molar-refractivity contribution < 1.29 is 0 Å². The van der Waals surface area contributed by atoms with Crippen LogP contribution in [0.15, 0.2) is 30.5 Å². The van der Waals surface area contributed by atoms with Crippen LogP contribution in [0.25, 0.3) is 10.9 Å². The van der Waals surface area contributed by atoms with Gasteiger partial charge in [-0.2, -0.15) is 0 Å². The van der Waals surface area contributed by atoms with Crippen molar-refractivity contribution >= 4 is 10.9 Å². The monoisotopic (exact) mass is 286 g/mol. The first-order valence-corrected chi connectivity index (χ1v) is 8.67. The zero-order chi connectivity index (χ0) is 14.8. The molecule has 0 unspecified atom stereocenters. The van der Waals surface area contributed by atoms with Crippen molar-refractivity contribution in [3.63, 3.8) is 0 Å². The zero-order valence-electron chi connectivity index (χ0n) is 13.5. The van der Waals surface area contributed by atoms with Gasteiger partial charge in [-0.15, -0.1) is 0 Å². The fraction of sp³-hybridized carbons (Fsp3) is 0.579. The lowest BCUT2D eigenvalue weighted by Crippen LogP contribution is -2.14. The van der Waals surface area contributed by atoms with Crippen molar-refractivity contribution in [3.05, 3.63) is 36.0 Å². The molecule has 2 rings (SSSR count). The quantitative estimate of drug-likeness (QED) is 0.532. The third-order valence-corrected chi connectivity index (χ3v) is 4.16. The fourth-order valence-electron chi connectivity index (χ4n) is 2.82. The fourth-order valence-corrected chi connectivity index (χ4v) is 2.82. The summed E-state index contributed by atoms with van der Waals surface area (Å²) in [6.07, 6.45) is 13.1. The van der Waals surface area contributed by atoms with E-state index in [1.54, 1.807) is 0 Å². The molecule has 1 aromatic heterocycles. The van der Waals surface area contributed by atoms with Crippen LogP contribution < -0.4 is 5.32 Å². The van der Waals surface area contributed by atoms with Gasteiger partial charge in [0, 0.05) is 18.3 Å². The smallest absolute Gasteiger partial charge is 0.0457 e. The lowest BCUT2D eigenvalue weighted by Gasteiger charge is -2.05. The SMILES string of the molecule is CCCCCCCCCCNCc1ccc2cc[nH]c2c1. The maximum Gasteiger partial charge on any atom is 0.0457 e. The summed E-state index contributed by atoms with van der Waals surface area (Å²) in [6.45, 7) is 4.39. The summed E-state index contributed by atoms with van der Waals surface area (Å²) in [5.74, 6) is 0. The second-order valence-electron chi connectivity index (χ2n) is 6.05. The van der Waals surface area contributed by atoms with Gasteiger partial charge in [0.05, 0.1) is 0 Å². The molecule has 1 heterocycles. The van der Waals surface area contributed by atoms with Gasteiger partial charge in [-0.05, 0) is 36.0 Å². The minimum atomic E-state index is 0.978. The normalized spacial score (nSPS) is 11.3. The van der Waals surface area contributed by atoms with Crippen molar-refractivity contribution in [3.8, 4) is 0 Å². The Bertz CT molecular complexity index is 501. The second-order valence-corrected chi connectivity index (χ2v) is 6.05. The van der Waals surface area contributed by atoms with Gasteiger partial charge in [0.2, 0.25) is 0 Å². The predicted molar refractivity (Wildman–Crippen MR) is 92.6 cm³/mol. The molecule has 0 bridgehead atoms. The van der Waals surface area contributed by atoms with Crippen molar-refractivity contribution in [2.45, 2.75) is 64.8 Å². The molecule has 0 aliphatic carbocycles. The molecule has 0 spiro atoms. The van der Waals surface area contributed by atoms with E-state index in [-0.39, 0.29) is 0 Å². The molecule has 0 saturated carbocycles. The number of fused-ring (bicyclic) bond motifs is 1. The first kappa shape index (κ1) is 16.1. The van der Waals surface area contributed by atoms with Gasteiger partial charge in [0.25, 0.3) is 0 Å². The highest BCUT2D eigenvalue weighted by Gasteiger charge is 1.97. The highest BCUT2D eigenvalue weighted by Crippen LogP contribution is 2.14. The van der Waals surface area contributed by atoms with Crippen LogP contribution in [0.4, 0.5) is 0 Å². The van der Waals surface area contributed by atoms with E-state index in [0.717, 1.165) is 13.1 Å². The summed E-state index contributed by atoms with van der Waals surface area (Å²) in [5.41, 5.74) is 2.60. The molecule has 2 N–H and O–H groups in total. The van der Waals surface area contributed by atoms with Crippen LogP contribution in [0.3, 0.4) is 0 Å². The van der Waals surface area contributed by atoms with Crippen LogP contribution >= 0.6 is 0 Å². The number of nitrogens with one attached hydrogen (secondary N) is 2. The van der Waals surface area contributed by atoms with Gasteiger partial charge in [-0.1, -0.05) is 64.0 Å². The number of hydrogen-bond acceptors (Lipinski definition) is 1. The lowest BCUT2D eigenvalue weighted by atomic mass is 10.1. The van der Waals surface area contributed by atoms with Gasteiger partial charge in [0.15, 0.2) is 0 Å². The molecule has 0 atom stereocenters. The average Bonchev–Trinajstić information content (AvgIpc) is 2.97. The van der Waals surface area contributed by atoms with Gasteiger partial charge in [0.1, 0.15) is 0 Å². The van der Waals surface area contributed by atoms with Crippen molar-refractivity contribution in [2.24, 2.45) is 0 Å². The summed E-state index contributed by atoms with van der Waals surface area (Å²) in [6, 6.07) is 8.78. The van der Waals surface area contributed by atoms with E-state index in [1.165, 1.54) is 67.8 Å². The van der Waals surface area contributed by atoms with Crippen molar-refractivity contribution in [1.82, 2.24) is 10.3 Å². The number of rotatable bonds is 11. The average molecular weight is 286 g/mol. The number of hydrogen-bond donors (Lipinski definition) is 2. The third kappa shape index (κ3) is 5.92. The molecule has 21 heavy (non-hydrogen) atoms. The number of benzene rings is 1. The molecule has 0 aliphatic rings. The lowest BCUT2D eigenvalue weighted by molar-refractivity contribution is 0.555. The summed E-state index contributed by atoms with van der Waals surface area (Å²) >= 11 is 0. The van der Waals surface area contributed by atoms with Crippen molar-refractivity contribution in [2.75, 3.05) is 6.54 Å². The predicted octanol–water partition coefficient (Wildman–Crippen LogP) is 5.40. The number of aromatic nitrogens is 1. The summed E-state index contributed by atoms with van der Waals surface area (Å²) in [4.78, 5) is 3.27. The number of unbranched alkanes of at least 4 members (excludes halogenated alkanes) is 7. The molecule has 2 aromatic rings. The van der Waals surface area contributed by atoms with Crippen LogP contribution in [0.1, 0.15) is 63.9 Å². The van der Waals surface area contributed by atoms with Gasteiger partial charge < -0.3 is 10.3 Å². The van der Waals surface area contributed by atoms with Gasteiger partial charge in [-0.25, -0.2) is 0 Å². The number of aromatic amines is 1. The maximum absolute atomic E-state index is 3.56. The van der Waals surface area contributed by atoms with Crippen molar-refractivity contribution in [1.29, 1.82) is 0 Å². The largest absolute Gasteiger partial charge is 0.361 e. The minimum absolute atomic E-state index is 0.978. The van der Waals surface area contributed by atoms with E-state index in [0.29, 0.717) is 0 Å². The van der Waals surface area contributed by atoms with E-state index in [4.69, 9.17) is 0 Å². The molecule has 2 heteroatoms. The van der Waals surface area contributed by atoms with Gasteiger partial charge in [-0.3, -0.25) is 0 Å². The van der Waals surface area contributed by atoms with E-state index < -0.39 is 0 Å². The Kier molecular flexibility index (Phi) is 7.37. The summed E-state index contributed by atoms with van der Waals surface area (Å²) < 4.78 is 0. The van der Waals surface area contributed by atoms with E-state index in [1.807, 2.05) is 6.20 Å². The molecule has 0 aliphatic heterocycles. The highest BCUT2D eigenvalue weighted by molar-refractivity contribution is 5.79. The Morgan fingerprint density at radius 2 is 1.67 bits per heavy atom. The molecule has 2 nitrogen and oxygen atoms in total. The standard InChI is InChI=1S/C19H30N2/c1-2-3-4-5-6-7-8-9-13-20-16-17-10-11-18-12-14-21-19(18)15-17/h10-12,14-15,20-21H,2-9,13,16H2,1H3. The van der Waals surface area contributed by atoms with Crippen LogP contribution in [0.2, 0.25) is 0 Å². The Morgan fingerprint density at radius 1 is 0.905 bits per heavy atom. The van der Waals surface area contributed by atoms with E-state index >= 15 is 0 Å². The Balaban J connectivity index is 1.49. The topological polar surface area (TPSA) is 27.8 Å². The summed E-state index contributed by atoms with van der Waals surface area (Å²) in [5, 5.41) is 4.85. The molecule has 0 radical (unpaired) electrons. The van der Waals surface area contributed by atoms with E-state index in [2.05, 4.69) is 41.5 Å². The molecule has 0 saturated heterocycles. The molecule has 1 aromatic carbocycles. The highest BCUT2D eigenvalue weighted by atomic mass is 14.8. The zero-order valence-corrected chi connectivity index (χ0v) is 13.5. The Morgan fingerprint density at radius 3 is 2.48 bits per heavy atom. The number of H-pyrrole nitrogens is 1. The third-order valence-electron chi connectivity index (χ3n) is 4.16. The minimum Gasteiger partial charge on any atom is -0.361 e. The molecule has 0 fully saturated rings. The molecular weight excluding hydrogens is 256 g/mol. The molecular formula is C19H30N2.